The summed E-state index contributed by atoms with van der Waals surface area (Å²) in [5, 5.41) is 12.5. The number of amides is 2. The van der Waals surface area contributed by atoms with Crippen LogP contribution in [0.1, 0.15) is 22.5 Å². The Bertz CT molecular complexity index is 1080. The number of furan rings is 1. The molecule has 8 heteroatoms. The Kier molecular flexibility index (Phi) is 6.84. The van der Waals surface area contributed by atoms with E-state index in [4.69, 9.17) is 14.4 Å². The van der Waals surface area contributed by atoms with Gasteiger partial charge in [0, 0.05) is 29.1 Å². The Labute approximate surface area is 185 Å². The quantitative estimate of drug-likeness (QED) is 0.207. The van der Waals surface area contributed by atoms with Crippen LogP contribution in [-0.2, 0) is 4.79 Å². The third-order valence-corrected chi connectivity index (χ3v) is 5.28. The number of para-hydroxylation sites is 1. The molecular weight excluding hydrogens is 410 g/mol. The molecule has 1 aromatic heterocycles. The van der Waals surface area contributed by atoms with Crippen molar-refractivity contribution in [3.63, 3.8) is 0 Å². The molecule has 3 N–H and O–H groups in total. The molecule has 1 saturated heterocycles. The van der Waals surface area contributed by atoms with Gasteiger partial charge in [0.05, 0.1) is 6.54 Å². The minimum Gasteiger partial charge on any atom is -0.492 e. The summed E-state index contributed by atoms with van der Waals surface area (Å²) in [5.74, 6) is 0.468. The van der Waals surface area contributed by atoms with Gasteiger partial charge >= 0.3 is 0 Å². The van der Waals surface area contributed by atoms with Crippen molar-refractivity contribution < 1.29 is 24.0 Å². The van der Waals surface area contributed by atoms with E-state index in [0.717, 1.165) is 29.6 Å². The van der Waals surface area contributed by atoms with Crippen LogP contribution in [0.2, 0.25) is 0 Å². The molecular formula is C24H25N3O5. The minimum absolute atomic E-state index is 0.209. The summed E-state index contributed by atoms with van der Waals surface area (Å²) in [4.78, 5) is 26.1. The van der Waals surface area contributed by atoms with Crippen molar-refractivity contribution in [2.45, 2.75) is 6.42 Å². The number of hydrogen-bond donors (Lipinski definition) is 3. The van der Waals surface area contributed by atoms with Crippen LogP contribution < -0.4 is 15.5 Å². The maximum atomic E-state index is 12.5. The highest BCUT2D eigenvalue weighted by molar-refractivity contribution is 5.96. The van der Waals surface area contributed by atoms with Gasteiger partial charge in [0.1, 0.15) is 23.7 Å². The van der Waals surface area contributed by atoms with E-state index in [2.05, 4.69) is 10.2 Å². The van der Waals surface area contributed by atoms with E-state index in [0.29, 0.717) is 30.2 Å². The number of carbonyl (C=O) groups is 2. The standard InChI is InChI=1S/C24H25N3O5/c28-23(25-10-13-31-20-8-6-17(7-9-20)24(29)26-30)15-19(16-27-11-3-12-27)22-14-18-4-1-2-5-21(18)32-22/h1-2,4-9,14-15,30H,3,10-13,16H2,(H,25,28)(H,26,29). The van der Waals surface area contributed by atoms with Gasteiger partial charge in [-0.3, -0.25) is 19.7 Å². The molecule has 0 saturated carbocycles. The molecule has 2 heterocycles. The summed E-state index contributed by atoms with van der Waals surface area (Å²) < 4.78 is 11.6. The summed E-state index contributed by atoms with van der Waals surface area (Å²) >= 11 is 0. The van der Waals surface area contributed by atoms with Crippen LogP contribution in [0.5, 0.6) is 5.75 Å². The van der Waals surface area contributed by atoms with Crippen molar-refractivity contribution in [1.82, 2.24) is 15.7 Å². The highest BCUT2D eigenvalue weighted by Gasteiger charge is 2.19. The molecule has 0 atom stereocenters. The average molecular weight is 435 g/mol. The zero-order valence-corrected chi connectivity index (χ0v) is 17.5. The topological polar surface area (TPSA) is 104 Å². The van der Waals surface area contributed by atoms with Gasteiger partial charge in [-0.2, -0.15) is 0 Å². The van der Waals surface area contributed by atoms with Gasteiger partial charge in [-0.1, -0.05) is 18.2 Å². The first kappa shape index (κ1) is 21.6. The molecule has 0 spiro atoms. The number of ether oxygens (including phenoxy) is 1. The van der Waals surface area contributed by atoms with Crippen LogP contribution in [-0.4, -0.2) is 54.7 Å². The highest BCUT2D eigenvalue weighted by Crippen LogP contribution is 2.26. The van der Waals surface area contributed by atoms with Crippen LogP contribution in [0.25, 0.3) is 16.5 Å². The Hall–Kier alpha value is -3.62. The smallest absolute Gasteiger partial charge is 0.274 e. The fraction of sp³-hybridized carbons (Fsp3) is 0.250. The molecule has 1 aliphatic rings. The van der Waals surface area contributed by atoms with Gasteiger partial charge in [-0.15, -0.1) is 0 Å². The Balaban J connectivity index is 1.33. The first-order chi connectivity index (χ1) is 15.6. The maximum Gasteiger partial charge on any atom is 0.274 e. The highest BCUT2D eigenvalue weighted by atomic mass is 16.5. The van der Waals surface area contributed by atoms with E-state index in [1.807, 2.05) is 30.3 Å². The van der Waals surface area contributed by atoms with Gasteiger partial charge < -0.3 is 14.5 Å². The number of nitrogens with one attached hydrogen (secondary N) is 2. The molecule has 3 aromatic rings. The van der Waals surface area contributed by atoms with Crippen molar-refractivity contribution in [3.8, 4) is 5.75 Å². The molecule has 0 aliphatic carbocycles. The largest absolute Gasteiger partial charge is 0.492 e. The summed E-state index contributed by atoms with van der Waals surface area (Å²) in [6.45, 7) is 3.30. The third-order valence-electron chi connectivity index (χ3n) is 5.28. The number of benzene rings is 2. The molecule has 2 aromatic carbocycles. The maximum absolute atomic E-state index is 12.5. The van der Waals surface area contributed by atoms with E-state index in [9.17, 15) is 9.59 Å². The lowest BCUT2D eigenvalue weighted by atomic mass is 10.1. The number of hydroxylamine groups is 1. The number of carbonyl (C=O) groups excluding carboxylic acids is 2. The molecule has 1 fully saturated rings. The summed E-state index contributed by atoms with van der Waals surface area (Å²) in [6.07, 6.45) is 2.76. The second-order valence-corrected chi connectivity index (χ2v) is 7.55. The van der Waals surface area contributed by atoms with Crippen LogP contribution in [0, 0.1) is 0 Å². The predicted octanol–water partition coefficient (Wildman–Crippen LogP) is 2.84. The Morgan fingerprint density at radius 3 is 2.59 bits per heavy atom. The zero-order valence-electron chi connectivity index (χ0n) is 17.5. The Morgan fingerprint density at radius 2 is 1.91 bits per heavy atom. The molecule has 0 radical (unpaired) electrons. The molecule has 0 unspecified atom stereocenters. The van der Waals surface area contributed by atoms with Gasteiger partial charge in [-0.25, -0.2) is 5.48 Å². The zero-order chi connectivity index (χ0) is 22.3. The van der Waals surface area contributed by atoms with E-state index < -0.39 is 5.91 Å². The van der Waals surface area contributed by atoms with Crippen LogP contribution in [0.4, 0.5) is 0 Å². The van der Waals surface area contributed by atoms with E-state index in [1.54, 1.807) is 23.7 Å². The van der Waals surface area contributed by atoms with Crippen LogP contribution in [0.3, 0.4) is 0 Å². The second kappa shape index (κ2) is 10.1. The molecule has 4 rings (SSSR count). The molecule has 32 heavy (non-hydrogen) atoms. The lowest BCUT2D eigenvalue weighted by Gasteiger charge is -2.31. The number of rotatable bonds is 9. The van der Waals surface area contributed by atoms with E-state index in [1.165, 1.54) is 18.6 Å². The van der Waals surface area contributed by atoms with Crippen molar-refractivity contribution >= 4 is 28.4 Å². The van der Waals surface area contributed by atoms with Crippen molar-refractivity contribution in [2.24, 2.45) is 0 Å². The van der Waals surface area contributed by atoms with Crippen LogP contribution >= 0.6 is 0 Å². The lowest BCUT2D eigenvalue weighted by molar-refractivity contribution is -0.116. The fourth-order valence-electron chi connectivity index (χ4n) is 3.44. The van der Waals surface area contributed by atoms with Crippen LogP contribution in [0.15, 0.2) is 65.1 Å². The van der Waals surface area contributed by atoms with Gasteiger partial charge in [0.15, 0.2) is 0 Å². The van der Waals surface area contributed by atoms with Gasteiger partial charge in [-0.05, 0) is 55.9 Å². The Morgan fingerprint density at radius 1 is 1.12 bits per heavy atom. The summed E-state index contributed by atoms with van der Waals surface area (Å²) in [7, 11) is 0. The normalized spacial score (nSPS) is 14.1. The minimum atomic E-state index is -0.589. The van der Waals surface area contributed by atoms with Gasteiger partial charge in [0.25, 0.3) is 5.91 Å². The average Bonchev–Trinajstić information content (AvgIpc) is 3.22. The van der Waals surface area contributed by atoms with Crippen molar-refractivity contribution in [2.75, 3.05) is 32.8 Å². The SMILES string of the molecule is O=C(C=C(CN1CCC1)c1cc2ccccc2o1)NCCOc1ccc(C(=O)NO)cc1. The molecule has 2 amide bonds. The number of likely N-dealkylation sites (tertiary alicyclic amines) is 1. The molecule has 1 aliphatic heterocycles. The summed E-state index contributed by atoms with van der Waals surface area (Å²) in [5.41, 5.74) is 3.54. The first-order valence-electron chi connectivity index (χ1n) is 10.5. The van der Waals surface area contributed by atoms with Gasteiger partial charge in [0.2, 0.25) is 5.91 Å². The van der Waals surface area contributed by atoms with E-state index >= 15 is 0 Å². The summed E-state index contributed by atoms with van der Waals surface area (Å²) in [6, 6.07) is 16.1. The first-order valence-corrected chi connectivity index (χ1v) is 10.5. The predicted molar refractivity (Wildman–Crippen MR) is 119 cm³/mol. The third kappa shape index (κ3) is 5.35. The molecule has 0 bridgehead atoms. The number of fused-ring (bicyclic) bond motifs is 1. The fourth-order valence-corrected chi connectivity index (χ4v) is 3.44. The van der Waals surface area contributed by atoms with Crippen molar-refractivity contribution in [3.05, 3.63) is 72.0 Å². The van der Waals surface area contributed by atoms with E-state index in [-0.39, 0.29) is 12.5 Å². The number of nitrogens with zero attached hydrogens (tertiary/aromatic N) is 1. The lowest BCUT2D eigenvalue weighted by Crippen LogP contribution is -2.38. The molecule has 166 valence electrons. The molecule has 8 nitrogen and oxygen atoms in total. The van der Waals surface area contributed by atoms with Crippen molar-refractivity contribution in [1.29, 1.82) is 0 Å². The number of hydrogen-bond acceptors (Lipinski definition) is 6. The monoisotopic (exact) mass is 435 g/mol. The second-order valence-electron chi connectivity index (χ2n) is 7.55.